The number of Topliss-reactive ketones (excluding diaryl/α,β-unsaturated/α-hetero) is 1. The number of carbonyl (C=O) groups is 1. The van der Waals surface area contributed by atoms with Crippen LogP contribution in [-0.2, 0) is 10.0 Å². The molecule has 1 N–H and O–H groups in total. The number of hydrogen-bond donors (Lipinski definition) is 1. The fraction of sp³-hybridized carbons (Fsp3) is 0.278. The van der Waals surface area contributed by atoms with E-state index in [1.807, 2.05) is 12.1 Å². The molecule has 1 fully saturated rings. The molecule has 0 aliphatic carbocycles. The number of nitrogens with one attached hydrogen (secondary N) is 1. The minimum absolute atomic E-state index is 0.0945. The first-order valence-corrected chi connectivity index (χ1v) is 9.80. The van der Waals surface area contributed by atoms with Gasteiger partial charge in [-0.15, -0.1) is 0 Å². The number of benzene rings is 2. The zero-order valence-electron chi connectivity index (χ0n) is 13.8. The van der Waals surface area contributed by atoms with Gasteiger partial charge in [0.25, 0.3) is 0 Å². The zero-order valence-corrected chi connectivity index (χ0v) is 15.3. The van der Waals surface area contributed by atoms with Crippen molar-refractivity contribution in [2.45, 2.75) is 17.9 Å². The molecule has 1 saturated heterocycles. The van der Waals surface area contributed by atoms with Crippen LogP contribution in [0.4, 0.5) is 0 Å². The number of carbonyl (C=O) groups excluding carboxylic acids is 1. The molecule has 25 heavy (non-hydrogen) atoms. The molecule has 0 radical (unpaired) electrons. The van der Waals surface area contributed by atoms with Crippen molar-refractivity contribution < 1.29 is 13.2 Å². The van der Waals surface area contributed by atoms with Crippen molar-refractivity contribution in [3.8, 4) is 0 Å². The monoisotopic (exact) mass is 378 g/mol. The van der Waals surface area contributed by atoms with Crippen molar-refractivity contribution in [2.75, 3.05) is 19.6 Å². The summed E-state index contributed by atoms with van der Waals surface area (Å²) in [6.45, 7) is 2.93. The maximum absolute atomic E-state index is 13.1. The van der Waals surface area contributed by atoms with Crippen molar-refractivity contribution in [3.63, 3.8) is 0 Å². The van der Waals surface area contributed by atoms with Crippen molar-refractivity contribution >= 4 is 27.4 Å². The molecule has 1 atom stereocenters. The third-order valence-electron chi connectivity index (χ3n) is 4.30. The van der Waals surface area contributed by atoms with Gasteiger partial charge < -0.3 is 5.32 Å². The summed E-state index contributed by atoms with van der Waals surface area (Å²) in [6.07, 6.45) is 0. The fourth-order valence-electron chi connectivity index (χ4n) is 2.97. The largest absolute Gasteiger partial charge is 0.313 e. The quantitative estimate of drug-likeness (QED) is 0.831. The Morgan fingerprint density at radius 1 is 1.20 bits per heavy atom. The van der Waals surface area contributed by atoms with Crippen molar-refractivity contribution in [3.05, 3.63) is 64.7 Å². The van der Waals surface area contributed by atoms with Crippen LogP contribution in [0.15, 0.2) is 53.4 Å². The highest BCUT2D eigenvalue weighted by Gasteiger charge is 2.34. The smallest absolute Gasteiger partial charge is 0.243 e. The maximum Gasteiger partial charge on any atom is 0.243 e. The summed E-state index contributed by atoms with van der Waals surface area (Å²) in [5.41, 5.74) is 1.34. The summed E-state index contributed by atoms with van der Waals surface area (Å²) < 4.78 is 27.7. The Morgan fingerprint density at radius 3 is 2.56 bits per heavy atom. The summed E-state index contributed by atoms with van der Waals surface area (Å²) in [5, 5.41) is 3.81. The van der Waals surface area contributed by atoms with E-state index in [4.69, 9.17) is 11.6 Å². The summed E-state index contributed by atoms with van der Waals surface area (Å²) in [5.74, 6) is -0.0945. The second-order valence-corrected chi connectivity index (χ2v) is 8.30. The minimum atomic E-state index is -3.68. The van der Waals surface area contributed by atoms with Gasteiger partial charge >= 0.3 is 0 Å². The van der Waals surface area contributed by atoms with Crippen molar-refractivity contribution in [1.82, 2.24) is 9.62 Å². The summed E-state index contributed by atoms with van der Waals surface area (Å²) in [7, 11) is -3.68. The first kappa shape index (κ1) is 18.1. The lowest BCUT2D eigenvalue weighted by molar-refractivity contribution is 0.101. The summed E-state index contributed by atoms with van der Waals surface area (Å²) >= 11 is 6.07. The number of rotatable bonds is 4. The van der Waals surface area contributed by atoms with Gasteiger partial charge in [-0.25, -0.2) is 8.42 Å². The van der Waals surface area contributed by atoms with E-state index in [1.54, 1.807) is 24.3 Å². The molecule has 1 unspecified atom stereocenters. The second kappa shape index (κ2) is 7.25. The van der Waals surface area contributed by atoms with Crippen LogP contribution in [0.3, 0.4) is 0 Å². The van der Waals surface area contributed by atoms with Crippen LogP contribution < -0.4 is 5.32 Å². The average Bonchev–Trinajstić information content (AvgIpc) is 2.62. The van der Waals surface area contributed by atoms with E-state index in [1.165, 1.54) is 23.4 Å². The van der Waals surface area contributed by atoms with Gasteiger partial charge in [0, 0.05) is 30.2 Å². The van der Waals surface area contributed by atoms with Gasteiger partial charge in [-0.2, -0.15) is 4.31 Å². The lowest BCUT2D eigenvalue weighted by atomic mass is 10.1. The van der Waals surface area contributed by atoms with Gasteiger partial charge in [0.1, 0.15) is 0 Å². The topological polar surface area (TPSA) is 66.5 Å². The van der Waals surface area contributed by atoms with Gasteiger partial charge in [-0.05, 0) is 36.8 Å². The molecular weight excluding hydrogens is 360 g/mol. The number of sulfonamides is 1. The number of nitrogens with zero attached hydrogens (tertiary/aromatic N) is 1. The fourth-order valence-corrected chi connectivity index (χ4v) is 4.78. The molecule has 1 aliphatic heterocycles. The summed E-state index contributed by atoms with van der Waals surface area (Å²) in [6, 6.07) is 13.0. The molecule has 0 aromatic heterocycles. The van der Waals surface area contributed by atoms with Crippen LogP contribution in [0.5, 0.6) is 0 Å². The Labute approximate surface area is 152 Å². The standard InChI is InChI=1S/C18H19ClN2O3S/c1-13(22)14-5-7-17(8-6-14)25(23,24)21-10-9-20-12-18(21)15-3-2-4-16(19)11-15/h2-8,11,18,20H,9-10,12H2,1H3. The van der Waals surface area contributed by atoms with E-state index < -0.39 is 10.0 Å². The van der Waals surface area contributed by atoms with Gasteiger partial charge in [-0.3, -0.25) is 4.79 Å². The normalized spacial score (nSPS) is 18.9. The van der Waals surface area contributed by atoms with E-state index in [0.29, 0.717) is 30.2 Å². The molecule has 2 aromatic rings. The molecule has 2 aromatic carbocycles. The molecule has 1 heterocycles. The zero-order chi connectivity index (χ0) is 18.0. The van der Waals surface area contributed by atoms with Gasteiger partial charge in [0.05, 0.1) is 10.9 Å². The number of hydrogen-bond acceptors (Lipinski definition) is 4. The van der Waals surface area contributed by atoms with Gasteiger partial charge in [-0.1, -0.05) is 35.9 Å². The number of halogens is 1. The molecule has 132 valence electrons. The number of ketones is 1. The molecule has 1 aliphatic rings. The van der Waals surface area contributed by atoms with Crippen molar-refractivity contribution in [2.24, 2.45) is 0 Å². The summed E-state index contributed by atoms with van der Waals surface area (Å²) in [4.78, 5) is 11.6. The van der Waals surface area contributed by atoms with Gasteiger partial charge in [0.15, 0.2) is 5.78 Å². The first-order chi connectivity index (χ1) is 11.9. The predicted octanol–water partition coefficient (Wildman–Crippen LogP) is 2.88. The third-order valence-corrected chi connectivity index (χ3v) is 6.45. The van der Waals surface area contributed by atoms with Crippen LogP contribution >= 0.6 is 11.6 Å². The predicted molar refractivity (Wildman–Crippen MR) is 97.4 cm³/mol. The first-order valence-electron chi connectivity index (χ1n) is 7.98. The van der Waals surface area contributed by atoms with E-state index in [9.17, 15) is 13.2 Å². The maximum atomic E-state index is 13.1. The molecule has 0 saturated carbocycles. The Balaban J connectivity index is 1.97. The highest BCUT2D eigenvalue weighted by atomic mass is 35.5. The molecule has 7 heteroatoms. The van der Waals surface area contributed by atoms with Crippen molar-refractivity contribution in [1.29, 1.82) is 0 Å². The Morgan fingerprint density at radius 2 is 1.92 bits per heavy atom. The highest BCUT2D eigenvalue weighted by molar-refractivity contribution is 7.89. The van der Waals surface area contributed by atoms with Crippen LogP contribution in [-0.4, -0.2) is 38.1 Å². The van der Waals surface area contributed by atoms with Crippen LogP contribution in [0, 0.1) is 0 Å². The Hall–Kier alpha value is -1.73. The van der Waals surface area contributed by atoms with Gasteiger partial charge in [0.2, 0.25) is 10.0 Å². The molecule has 0 amide bonds. The molecule has 0 spiro atoms. The number of piperazine rings is 1. The van der Waals surface area contributed by atoms with E-state index in [-0.39, 0.29) is 16.7 Å². The molecule has 5 nitrogen and oxygen atoms in total. The van der Waals surface area contributed by atoms with Crippen LogP contribution in [0.2, 0.25) is 5.02 Å². The van der Waals surface area contributed by atoms with E-state index in [0.717, 1.165) is 5.56 Å². The lowest BCUT2D eigenvalue weighted by Gasteiger charge is -2.35. The molecule has 3 rings (SSSR count). The lowest BCUT2D eigenvalue weighted by Crippen LogP contribution is -2.48. The highest BCUT2D eigenvalue weighted by Crippen LogP contribution is 2.30. The molecular formula is C18H19ClN2O3S. The van der Waals surface area contributed by atoms with E-state index >= 15 is 0 Å². The van der Waals surface area contributed by atoms with E-state index in [2.05, 4.69) is 5.32 Å². The SMILES string of the molecule is CC(=O)c1ccc(S(=O)(=O)N2CCNCC2c2cccc(Cl)c2)cc1. The van der Waals surface area contributed by atoms with Crippen LogP contribution in [0.25, 0.3) is 0 Å². The average molecular weight is 379 g/mol. The molecule has 0 bridgehead atoms. The third kappa shape index (κ3) is 3.77. The second-order valence-electron chi connectivity index (χ2n) is 5.97. The van der Waals surface area contributed by atoms with Crippen LogP contribution in [0.1, 0.15) is 28.9 Å². The Kier molecular flexibility index (Phi) is 5.24. The minimum Gasteiger partial charge on any atom is -0.313 e. The Bertz CT molecular complexity index is 881.